The van der Waals surface area contributed by atoms with E-state index in [9.17, 15) is 9.59 Å². The van der Waals surface area contributed by atoms with Crippen molar-refractivity contribution in [2.24, 2.45) is 0 Å². The largest absolute Gasteiger partial charge is 0.487 e. The Balaban J connectivity index is 2.29. The lowest BCUT2D eigenvalue weighted by Crippen LogP contribution is -2.13. The molecule has 2 aromatic carbocycles. The van der Waals surface area contributed by atoms with Gasteiger partial charge < -0.3 is 14.8 Å². The molecule has 0 aliphatic carbocycles. The zero-order valence-electron chi connectivity index (χ0n) is 12.5. The van der Waals surface area contributed by atoms with Crippen LogP contribution in [0.2, 0.25) is 0 Å². The van der Waals surface area contributed by atoms with Crippen molar-refractivity contribution in [2.45, 2.75) is 13.5 Å². The minimum Gasteiger partial charge on any atom is -0.487 e. The number of benzene rings is 2. The molecule has 0 bridgehead atoms. The van der Waals surface area contributed by atoms with Crippen LogP contribution in [0.3, 0.4) is 0 Å². The molecule has 2 aromatic rings. The summed E-state index contributed by atoms with van der Waals surface area (Å²) in [5.74, 6) is -0.406. The number of hydrogen-bond donors (Lipinski definition) is 1. The Morgan fingerprint density at radius 3 is 2.41 bits per heavy atom. The van der Waals surface area contributed by atoms with Crippen LogP contribution in [-0.2, 0) is 16.1 Å². The van der Waals surface area contributed by atoms with Gasteiger partial charge in [-0.15, -0.1) is 0 Å². The maximum absolute atomic E-state index is 11.8. The minimum atomic E-state index is -0.533. The van der Waals surface area contributed by atoms with Crippen molar-refractivity contribution in [3.63, 3.8) is 0 Å². The molecule has 0 fully saturated rings. The molecule has 0 heterocycles. The van der Waals surface area contributed by atoms with Crippen molar-refractivity contribution in [3.05, 3.63) is 59.7 Å². The number of methoxy groups -OCH3 is 1. The zero-order valence-corrected chi connectivity index (χ0v) is 12.5. The Bertz CT molecular complexity index is 668. The van der Waals surface area contributed by atoms with Gasteiger partial charge in [-0.2, -0.15) is 0 Å². The second-order valence-electron chi connectivity index (χ2n) is 4.63. The third-order valence-corrected chi connectivity index (χ3v) is 2.97. The first-order chi connectivity index (χ1) is 10.6. The SMILES string of the molecule is COC(=O)c1cccc(OCc2ccccc2)c1NC(C)=O. The van der Waals surface area contributed by atoms with Crippen LogP contribution < -0.4 is 10.1 Å². The highest BCUT2D eigenvalue weighted by Gasteiger charge is 2.17. The molecule has 0 spiro atoms. The van der Waals surface area contributed by atoms with Gasteiger partial charge in [0.25, 0.3) is 0 Å². The van der Waals surface area contributed by atoms with Crippen molar-refractivity contribution in [2.75, 3.05) is 12.4 Å². The number of carbonyl (C=O) groups excluding carboxylic acids is 2. The average molecular weight is 299 g/mol. The molecule has 1 amide bonds. The second kappa shape index (κ2) is 7.26. The van der Waals surface area contributed by atoms with Crippen LogP contribution in [0.1, 0.15) is 22.8 Å². The summed E-state index contributed by atoms with van der Waals surface area (Å²) in [6, 6.07) is 14.6. The highest BCUT2D eigenvalue weighted by Crippen LogP contribution is 2.30. The van der Waals surface area contributed by atoms with Gasteiger partial charge in [0.15, 0.2) is 0 Å². The lowest BCUT2D eigenvalue weighted by atomic mass is 10.1. The van der Waals surface area contributed by atoms with E-state index in [4.69, 9.17) is 9.47 Å². The standard InChI is InChI=1S/C17H17NO4/c1-12(19)18-16-14(17(20)21-2)9-6-10-15(16)22-11-13-7-4-3-5-8-13/h3-10H,11H2,1-2H3,(H,18,19). The normalized spacial score (nSPS) is 9.91. The number of rotatable bonds is 5. The third-order valence-electron chi connectivity index (χ3n) is 2.97. The molecule has 0 aliphatic rings. The van der Waals surface area contributed by atoms with Crippen molar-refractivity contribution in [1.29, 1.82) is 0 Å². The van der Waals surface area contributed by atoms with Crippen LogP contribution in [0, 0.1) is 0 Å². The van der Waals surface area contributed by atoms with Crippen LogP contribution in [0.4, 0.5) is 5.69 Å². The van der Waals surface area contributed by atoms with Crippen molar-refractivity contribution in [3.8, 4) is 5.75 Å². The van der Waals surface area contributed by atoms with Crippen molar-refractivity contribution in [1.82, 2.24) is 0 Å². The summed E-state index contributed by atoms with van der Waals surface area (Å²) in [5, 5.41) is 2.63. The molecular weight excluding hydrogens is 282 g/mol. The molecule has 114 valence electrons. The van der Waals surface area contributed by atoms with Gasteiger partial charge in [0.05, 0.1) is 18.4 Å². The summed E-state index contributed by atoms with van der Waals surface area (Å²) < 4.78 is 10.5. The highest BCUT2D eigenvalue weighted by atomic mass is 16.5. The quantitative estimate of drug-likeness (QED) is 0.862. The number of para-hydroxylation sites is 1. The Hall–Kier alpha value is -2.82. The predicted octanol–water partition coefficient (Wildman–Crippen LogP) is 3.01. The number of hydrogen-bond acceptors (Lipinski definition) is 4. The molecule has 5 heteroatoms. The summed E-state index contributed by atoms with van der Waals surface area (Å²) >= 11 is 0. The molecule has 22 heavy (non-hydrogen) atoms. The molecule has 5 nitrogen and oxygen atoms in total. The number of esters is 1. The van der Waals surface area contributed by atoms with E-state index >= 15 is 0 Å². The molecule has 1 N–H and O–H groups in total. The van der Waals surface area contributed by atoms with Gasteiger partial charge in [-0.3, -0.25) is 4.79 Å². The Labute approximate surface area is 128 Å². The molecular formula is C17H17NO4. The summed E-state index contributed by atoms with van der Waals surface area (Å²) in [6.07, 6.45) is 0. The van der Waals surface area contributed by atoms with Crippen LogP contribution in [0.25, 0.3) is 0 Å². The maximum Gasteiger partial charge on any atom is 0.340 e. The summed E-state index contributed by atoms with van der Waals surface area (Å²) in [7, 11) is 1.29. The smallest absolute Gasteiger partial charge is 0.340 e. The van der Waals surface area contributed by atoms with Gasteiger partial charge in [-0.1, -0.05) is 36.4 Å². The van der Waals surface area contributed by atoms with Crippen molar-refractivity contribution < 1.29 is 19.1 Å². The van der Waals surface area contributed by atoms with Crippen LogP contribution in [-0.4, -0.2) is 19.0 Å². The fourth-order valence-electron chi connectivity index (χ4n) is 1.97. The lowest BCUT2D eigenvalue weighted by molar-refractivity contribution is -0.114. The van der Waals surface area contributed by atoms with Gasteiger partial charge in [-0.05, 0) is 17.7 Å². The molecule has 2 rings (SSSR count). The van der Waals surface area contributed by atoms with Gasteiger partial charge in [0.1, 0.15) is 12.4 Å². The van der Waals surface area contributed by atoms with E-state index in [1.807, 2.05) is 30.3 Å². The van der Waals surface area contributed by atoms with E-state index in [1.165, 1.54) is 14.0 Å². The highest BCUT2D eigenvalue weighted by molar-refractivity contribution is 6.02. The Kier molecular flexibility index (Phi) is 5.14. The van der Waals surface area contributed by atoms with E-state index in [-0.39, 0.29) is 11.5 Å². The fourth-order valence-corrected chi connectivity index (χ4v) is 1.97. The van der Waals surface area contributed by atoms with Crippen molar-refractivity contribution >= 4 is 17.6 Å². The first-order valence-corrected chi connectivity index (χ1v) is 6.77. The number of nitrogens with one attached hydrogen (secondary N) is 1. The molecule has 0 unspecified atom stereocenters. The van der Waals surface area contributed by atoms with Gasteiger partial charge in [-0.25, -0.2) is 4.79 Å². The van der Waals surface area contributed by atoms with E-state index in [0.717, 1.165) is 5.56 Å². The maximum atomic E-state index is 11.8. The van der Waals surface area contributed by atoms with Crippen LogP contribution in [0.15, 0.2) is 48.5 Å². The van der Waals surface area contributed by atoms with Gasteiger partial charge >= 0.3 is 5.97 Å². The van der Waals surface area contributed by atoms with E-state index in [1.54, 1.807) is 18.2 Å². The van der Waals surface area contributed by atoms with Crippen LogP contribution in [0.5, 0.6) is 5.75 Å². The summed E-state index contributed by atoms with van der Waals surface area (Å²) in [4.78, 5) is 23.2. The van der Waals surface area contributed by atoms with E-state index in [2.05, 4.69) is 5.32 Å². The Morgan fingerprint density at radius 2 is 1.77 bits per heavy atom. The molecule has 0 aromatic heterocycles. The first kappa shape index (κ1) is 15.6. The third kappa shape index (κ3) is 3.85. The monoisotopic (exact) mass is 299 g/mol. The summed E-state index contributed by atoms with van der Waals surface area (Å²) in [5.41, 5.74) is 1.56. The lowest BCUT2D eigenvalue weighted by Gasteiger charge is -2.14. The molecule has 0 saturated heterocycles. The van der Waals surface area contributed by atoms with E-state index < -0.39 is 5.97 Å². The van der Waals surface area contributed by atoms with E-state index in [0.29, 0.717) is 18.0 Å². The number of anilines is 1. The zero-order chi connectivity index (χ0) is 15.9. The number of amides is 1. The molecule has 0 saturated carbocycles. The Morgan fingerprint density at radius 1 is 1.05 bits per heavy atom. The number of ether oxygens (including phenoxy) is 2. The summed E-state index contributed by atoms with van der Waals surface area (Å²) in [6.45, 7) is 1.70. The topological polar surface area (TPSA) is 64.6 Å². The molecule has 0 aliphatic heterocycles. The number of carbonyl (C=O) groups is 2. The molecule has 0 radical (unpaired) electrons. The van der Waals surface area contributed by atoms with Gasteiger partial charge in [0, 0.05) is 6.92 Å². The first-order valence-electron chi connectivity index (χ1n) is 6.77. The fraction of sp³-hybridized carbons (Fsp3) is 0.176. The molecule has 0 atom stereocenters. The predicted molar refractivity (Wildman–Crippen MR) is 82.9 cm³/mol. The second-order valence-corrected chi connectivity index (χ2v) is 4.63. The van der Waals surface area contributed by atoms with Gasteiger partial charge in [0.2, 0.25) is 5.91 Å². The average Bonchev–Trinajstić information content (AvgIpc) is 2.53. The van der Waals surface area contributed by atoms with Crippen LogP contribution >= 0.6 is 0 Å². The minimum absolute atomic E-state index is 0.253.